The highest BCUT2D eigenvalue weighted by atomic mass is 35.5. The lowest BCUT2D eigenvalue weighted by Crippen LogP contribution is -2.26. The molecular formula is C14H13Cl2N3. The summed E-state index contributed by atoms with van der Waals surface area (Å²) in [5.74, 6) is 0.719. The van der Waals surface area contributed by atoms with Crippen LogP contribution in [0.4, 0.5) is 0 Å². The van der Waals surface area contributed by atoms with Crippen LogP contribution >= 0.6 is 23.2 Å². The molecule has 98 valence electrons. The number of halogens is 2. The van der Waals surface area contributed by atoms with E-state index in [0.29, 0.717) is 10.0 Å². The van der Waals surface area contributed by atoms with E-state index in [-0.39, 0.29) is 0 Å². The molecule has 0 aliphatic carbocycles. The van der Waals surface area contributed by atoms with Gasteiger partial charge in [0.25, 0.3) is 0 Å². The largest absolute Gasteiger partial charge is 0.312 e. The van der Waals surface area contributed by atoms with Gasteiger partial charge in [-0.05, 0) is 25.1 Å². The molecule has 19 heavy (non-hydrogen) atoms. The monoisotopic (exact) mass is 293 g/mol. The van der Waals surface area contributed by atoms with Crippen molar-refractivity contribution in [3.63, 3.8) is 0 Å². The smallest absolute Gasteiger partial charge is 0.159 e. The third-order valence-corrected chi connectivity index (χ3v) is 4.06. The van der Waals surface area contributed by atoms with Crippen LogP contribution in [0.2, 0.25) is 10.0 Å². The first-order valence-corrected chi connectivity index (χ1v) is 6.93. The Morgan fingerprint density at radius 3 is 2.79 bits per heavy atom. The highest BCUT2D eigenvalue weighted by molar-refractivity contribution is 6.42. The Hall–Kier alpha value is -1.16. The van der Waals surface area contributed by atoms with Crippen molar-refractivity contribution < 1.29 is 0 Å². The van der Waals surface area contributed by atoms with E-state index in [1.807, 2.05) is 19.1 Å². The molecule has 1 aliphatic heterocycles. The molecule has 3 nitrogen and oxygen atoms in total. The van der Waals surface area contributed by atoms with E-state index >= 15 is 0 Å². The molecule has 5 heteroatoms. The molecule has 1 aliphatic rings. The standard InChI is InChI=1S/C14H13Cl2N3/c1-8-10-7-17-5-4-13(10)19-14(18-8)9-2-3-11(15)12(16)6-9/h2-3,6,17H,4-5,7H2,1H3. The zero-order valence-corrected chi connectivity index (χ0v) is 12.0. The first-order chi connectivity index (χ1) is 9.15. The van der Waals surface area contributed by atoms with Gasteiger partial charge in [0, 0.05) is 36.3 Å². The number of rotatable bonds is 1. The third kappa shape index (κ3) is 2.46. The van der Waals surface area contributed by atoms with E-state index in [4.69, 9.17) is 23.2 Å². The summed E-state index contributed by atoms with van der Waals surface area (Å²) in [7, 11) is 0. The highest BCUT2D eigenvalue weighted by Gasteiger charge is 2.16. The molecule has 1 aromatic heterocycles. The van der Waals surface area contributed by atoms with Gasteiger partial charge in [-0.2, -0.15) is 0 Å². The fraction of sp³-hybridized carbons (Fsp3) is 0.286. The summed E-state index contributed by atoms with van der Waals surface area (Å²) in [6.07, 6.45) is 0.938. The van der Waals surface area contributed by atoms with E-state index in [9.17, 15) is 0 Å². The molecule has 1 aromatic carbocycles. The zero-order chi connectivity index (χ0) is 13.4. The van der Waals surface area contributed by atoms with Crippen molar-refractivity contribution in [2.45, 2.75) is 19.9 Å². The first kappa shape index (κ1) is 12.9. The number of hydrogen-bond acceptors (Lipinski definition) is 3. The maximum absolute atomic E-state index is 6.05. The van der Waals surface area contributed by atoms with Gasteiger partial charge in [-0.25, -0.2) is 9.97 Å². The van der Waals surface area contributed by atoms with Crippen LogP contribution in [0.25, 0.3) is 11.4 Å². The second-order valence-corrected chi connectivity index (χ2v) is 5.43. The van der Waals surface area contributed by atoms with Gasteiger partial charge in [0.15, 0.2) is 5.82 Å². The summed E-state index contributed by atoms with van der Waals surface area (Å²) in [6, 6.07) is 5.49. The predicted octanol–water partition coefficient (Wildman–Crippen LogP) is 3.40. The minimum absolute atomic E-state index is 0.528. The van der Waals surface area contributed by atoms with Crippen molar-refractivity contribution in [3.8, 4) is 11.4 Å². The van der Waals surface area contributed by atoms with Gasteiger partial charge in [0.1, 0.15) is 0 Å². The number of nitrogens with zero attached hydrogens (tertiary/aromatic N) is 2. The predicted molar refractivity (Wildman–Crippen MR) is 77.6 cm³/mol. The number of hydrogen-bond donors (Lipinski definition) is 1. The fourth-order valence-corrected chi connectivity index (χ4v) is 2.57. The molecule has 0 amide bonds. The van der Waals surface area contributed by atoms with E-state index in [0.717, 1.165) is 42.3 Å². The first-order valence-electron chi connectivity index (χ1n) is 6.17. The average molecular weight is 294 g/mol. The van der Waals surface area contributed by atoms with Crippen LogP contribution in [0, 0.1) is 6.92 Å². The molecule has 0 saturated carbocycles. The van der Waals surface area contributed by atoms with Crippen molar-refractivity contribution in [3.05, 3.63) is 45.2 Å². The molecular weight excluding hydrogens is 281 g/mol. The van der Waals surface area contributed by atoms with Gasteiger partial charge >= 0.3 is 0 Å². The molecule has 0 atom stereocenters. The van der Waals surface area contributed by atoms with Crippen LogP contribution in [0.1, 0.15) is 17.0 Å². The van der Waals surface area contributed by atoms with Crippen LogP contribution in [0.5, 0.6) is 0 Å². The second-order valence-electron chi connectivity index (χ2n) is 4.61. The highest BCUT2D eigenvalue weighted by Crippen LogP contribution is 2.28. The Balaban J connectivity index is 2.10. The summed E-state index contributed by atoms with van der Waals surface area (Å²) in [4.78, 5) is 9.24. The fourth-order valence-electron chi connectivity index (χ4n) is 2.28. The molecule has 0 radical (unpaired) electrons. The van der Waals surface area contributed by atoms with Crippen molar-refractivity contribution >= 4 is 23.2 Å². The van der Waals surface area contributed by atoms with Crippen molar-refractivity contribution in [2.75, 3.05) is 6.54 Å². The quantitative estimate of drug-likeness (QED) is 0.876. The van der Waals surface area contributed by atoms with Gasteiger partial charge in [0.2, 0.25) is 0 Å². The van der Waals surface area contributed by atoms with E-state index < -0.39 is 0 Å². The van der Waals surface area contributed by atoms with Crippen LogP contribution in [-0.2, 0) is 13.0 Å². The second kappa shape index (κ2) is 5.08. The number of nitrogens with one attached hydrogen (secondary N) is 1. The van der Waals surface area contributed by atoms with Crippen LogP contribution < -0.4 is 5.32 Å². The van der Waals surface area contributed by atoms with Crippen molar-refractivity contribution in [2.24, 2.45) is 0 Å². The minimum Gasteiger partial charge on any atom is -0.312 e. The van der Waals surface area contributed by atoms with Crippen molar-refractivity contribution in [1.29, 1.82) is 0 Å². The van der Waals surface area contributed by atoms with Gasteiger partial charge in [-0.15, -0.1) is 0 Å². The molecule has 3 rings (SSSR count). The molecule has 0 spiro atoms. The molecule has 0 fully saturated rings. The summed E-state index contributed by atoms with van der Waals surface area (Å²) < 4.78 is 0. The van der Waals surface area contributed by atoms with Crippen LogP contribution in [0.3, 0.4) is 0 Å². The molecule has 0 unspecified atom stereocenters. The van der Waals surface area contributed by atoms with Gasteiger partial charge in [0.05, 0.1) is 15.7 Å². The zero-order valence-electron chi connectivity index (χ0n) is 10.5. The lowest BCUT2D eigenvalue weighted by Gasteiger charge is -2.18. The minimum atomic E-state index is 0.528. The molecule has 1 N–H and O–H groups in total. The number of benzene rings is 1. The van der Waals surface area contributed by atoms with E-state index in [1.54, 1.807) is 6.07 Å². The summed E-state index contributed by atoms with van der Waals surface area (Å²) in [5, 5.41) is 4.41. The molecule has 2 aromatic rings. The Bertz CT molecular complexity index is 641. The topological polar surface area (TPSA) is 37.8 Å². The lowest BCUT2D eigenvalue weighted by atomic mass is 10.1. The summed E-state index contributed by atoms with van der Waals surface area (Å²) in [5.41, 5.74) is 4.28. The number of aromatic nitrogens is 2. The average Bonchev–Trinajstić information content (AvgIpc) is 2.42. The maximum atomic E-state index is 6.05. The Labute approximate surface area is 122 Å². The van der Waals surface area contributed by atoms with Gasteiger partial charge < -0.3 is 5.32 Å². The lowest BCUT2D eigenvalue weighted by molar-refractivity contribution is 0.622. The van der Waals surface area contributed by atoms with Crippen LogP contribution in [-0.4, -0.2) is 16.5 Å². The normalized spacial score (nSPS) is 14.3. The van der Waals surface area contributed by atoms with Gasteiger partial charge in [-0.1, -0.05) is 23.2 Å². The molecule has 0 bridgehead atoms. The number of aryl methyl sites for hydroxylation is 1. The Morgan fingerprint density at radius 1 is 1.16 bits per heavy atom. The van der Waals surface area contributed by atoms with Crippen molar-refractivity contribution in [1.82, 2.24) is 15.3 Å². The maximum Gasteiger partial charge on any atom is 0.159 e. The third-order valence-electron chi connectivity index (χ3n) is 3.32. The van der Waals surface area contributed by atoms with Gasteiger partial charge in [-0.3, -0.25) is 0 Å². The van der Waals surface area contributed by atoms with E-state index in [1.165, 1.54) is 5.56 Å². The summed E-state index contributed by atoms with van der Waals surface area (Å²) in [6.45, 7) is 3.83. The Kier molecular flexibility index (Phi) is 3.44. The SMILES string of the molecule is Cc1nc(-c2ccc(Cl)c(Cl)c2)nc2c1CNCC2. The number of fused-ring (bicyclic) bond motifs is 1. The Morgan fingerprint density at radius 2 is 2.00 bits per heavy atom. The van der Waals surface area contributed by atoms with E-state index in [2.05, 4.69) is 15.3 Å². The summed E-state index contributed by atoms with van der Waals surface area (Å²) >= 11 is 12.0. The van der Waals surface area contributed by atoms with Crippen LogP contribution in [0.15, 0.2) is 18.2 Å². The molecule has 2 heterocycles. The molecule has 0 saturated heterocycles.